The third kappa shape index (κ3) is 3.22. The number of para-hydroxylation sites is 1. The summed E-state index contributed by atoms with van der Waals surface area (Å²) >= 11 is 1.98. The number of halogens is 1. The largest absolute Gasteiger partial charge is 0.364 e. The highest BCUT2D eigenvalue weighted by atomic mass is 32.2. The van der Waals surface area contributed by atoms with Gasteiger partial charge in [-0.25, -0.2) is 4.39 Å². The fraction of sp³-hybridized carbons (Fsp3) is 0.435. The summed E-state index contributed by atoms with van der Waals surface area (Å²) in [7, 11) is 0. The number of piperidine rings is 1. The lowest BCUT2D eigenvalue weighted by molar-refractivity contribution is 0.0948. The fourth-order valence-corrected chi connectivity index (χ4v) is 6.39. The van der Waals surface area contributed by atoms with Crippen LogP contribution in [0.1, 0.15) is 41.1 Å². The standard InChI is InChI=1S/C23H26FN3OS/c24-17-7-5-16(6-8-17)22(28)26-12-10-23-9-11-25-15-19(23)18-3-1-4-20-21(18)27(23)13-2-14-29-20/h1,3-8,19,25H,2,9-15H2,(H,26,28). The first-order chi connectivity index (χ1) is 14.2. The highest BCUT2D eigenvalue weighted by Gasteiger charge is 2.52. The number of nitrogens with one attached hydrogen (secondary N) is 2. The van der Waals surface area contributed by atoms with Gasteiger partial charge in [-0.1, -0.05) is 12.1 Å². The Labute approximate surface area is 175 Å². The van der Waals surface area contributed by atoms with Gasteiger partial charge < -0.3 is 15.5 Å². The van der Waals surface area contributed by atoms with Crippen LogP contribution in [0.3, 0.4) is 0 Å². The van der Waals surface area contributed by atoms with Gasteiger partial charge in [0.2, 0.25) is 0 Å². The molecular weight excluding hydrogens is 385 g/mol. The van der Waals surface area contributed by atoms with Crippen LogP contribution in [0.4, 0.5) is 10.1 Å². The van der Waals surface area contributed by atoms with Crippen LogP contribution in [-0.2, 0) is 0 Å². The Bertz CT molecular complexity index is 919. The first-order valence-electron chi connectivity index (χ1n) is 10.5. The van der Waals surface area contributed by atoms with Crippen LogP contribution in [0.25, 0.3) is 0 Å². The van der Waals surface area contributed by atoms with E-state index < -0.39 is 0 Å². The topological polar surface area (TPSA) is 44.4 Å². The second kappa shape index (κ2) is 7.65. The molecule has 2 unspecified atom stereocenters. The molecule has 3 aliphatic rings. The molecule has 0 aromatic heterocycles. The van der Waals surface area contributed by atoms with E-state index in [9.17, 15) is 9.18 Å². The average molecular weight is 412 g/mol. The highest BCUT2D eigenvalue weighted by Crippen LogP contribution is 2.55. The van der Waals surface area contributed by atoms with E-state index in [0.717, 1.165) is 38.2 Å². The van der Waals surface area contributed by atoms with Gasteiger partial charge in [0, 0.05) is 36.0 Å². The lowest BCUT2D eigenvalue weighted by atomic mass is 9.75. The molecule has 6 heteroatoms. The number of fused-ring (bicyclic) bond motifs is 3. The van der Waals surface area contributed by atoms with Gasteiger partial charge in [-0.05, 0) is 67.5 Å². The molecule has 152 valence electrons. The number of hydrogen-bond acceptors (Lipinski definition) is 4. The lowest BCUT2D eigenvalue weighted by Crippen LogP contribution is -2.57. The van der Waals surface area contributed by atoms with Crippen molar-refractivity contribution in [1.29, 1.82) is 0 Å². The van der Waals surface area contributed by atoms with E-state index in [1.807, 2.05) is 11.8 Å². The molecular formula is C23H26FN3OS. The molecule has 4 nitrogen and oxygen atoms in total. The summed E-state index contributed by atoms with van der Waals surface area (Å²) in [6, 6.07) is 12.5. The zero-order valence-electron chi connectivity index (χ0n) is 16.4. The molecule has 0 radical (unpaired) electrons. The second-order valence-electron chi connectivity index (χ2n) is 8.17. The maximum absolute atomic E-state index is 13.1. The average Bonchev–Trinajstić information content (AvgIpc) is 2.86. The molecule has 2 atom stereocenters. The minimum absolute atomic E-state index is 0.0602. The Kier molecular flexibility index (Phi) is 5.00. The van der Waals surface area contributed by atoms with Crippen molar-refractivity contribution in [3.05, 3.63) is 59.4 Å². The number of amides is 1. The minimum Gasteiger partial charge on any atom is -0.364 e. The van der Waals surface area contributed by atoms with E-state index in [1.165, 1.54) is 34.7 Å². The van der Waals surface area contributed by atoms with Crippen LogP contribution in [0.5, 0.6) is 0 Å². The Morgan fingerprint density at radius 1 is 1.28 bits per heavy atom. The number of carbonyl (C=O) groups is 1. The van der Waals surface area contributed by atoms with Crippen molar-refractivity contribution in [1.82, 2.24) is 10.6 Å². The zero-order valence-corrected chi connectivity index (χ0v) is 17.2. The van der Waals surface area contributed by atoms with Crippen molar-refractivity contribution < 1.29 is 9.18 Å². The summed E-state index contributed by atoms with van der Waals surface area (Å²) in [5.74, 6) is 1.16. The van der Waals surface area contributed by atoms with E-state index in [1.54, 1.807) is 12.1 Å². The van der Waals surface area contributed by atoms with Crippen molar-refractivity contribution in [2.75, 3.05) is 36.8 Å². The third-order valence-corrected chi connectivity index (χ3v) is 7.81. The molecule has 5 rings (SSSR count). The molecule has 3 aliphatic heterocycles. The maximum Gasteiger partial charge on any atom is 0.251 e. The SMILES string of the molecule is O=C(NCCC12CCNCC1c1cccc3c1N2CCCS3)c1ccc(F)cc1. The normalized spacial score (nSPS) is 25.1. The van der Waals surface area contributed by atoms with Crippen LogP contribution >= 0.6 is 11.8 Å². The predicted molar refractivity (Wildman–Crippen MR) is 115 cm³/mol. The molecule has 0 spiro atoms. The number of benzene rings is 2. The number of thioether (sulfide) groups is 1. The Morgan fingerprint density at radius 3 is 3.00 bits per heavy atom. The highest BCUT2D eigenvalue weighted by molar-refractivity contribution is 7.99. The number of hydrogen-bond donors (Lipinski definition) is 2. The fourth-order valence-electron chi connectivity index (χ4n) is 5.36. The molecule has 1 fully saturated rings. The molecule has 2 aromatic carbocycles. The summed E-state index contributed by atoms with van der Waals surface area (Å²) in [6.07, 6.45) is 3.19. The zero-order chi connectivity index (χ0) is 19.8. The van der Waals surface area contributed by atoms with Crippen LogP contribution in [0.2, 0.25) is 0 Å². The van der Waals surface area contributed by atoms with E-state index in [0.29, 0.717) is 18.0 Å². The van der Waals surface area contributed by atoms with E-state index in [-0.39, 0.29) is 17.3 Å². The molecule has 3 heterocycles. The number of rotatable bonds is 4. The van der Waals surface area contributed by atoms with Gasteiger partial charge in [0.25, 0.3) is 5.91 Å². The van der Waals surface area contributed by atoms with Crippen molar-refractivity contribution in [2.45, 2.75) is 35.6 Å². The minimum atomic E-state index is -0.323. The van der Waals surface area contributed by atoms with Crippen molar-refractivity contribution in [3.63, 3.8) is 0 Å². The monoisotopic (exact) mass is 411 g/mol. The number of nitrogens with zero attached hydrogens (tertiary/aromatic N) is 1. The third-order valence-electron chi connectivity index (χ3n) is 6.68. The van der Waals surface area contributed by atoms with Crippen molar-refractivity contribution in [2.24, 2.45) is 0 Å². The van der Waals surface area contributed by atoms with E-state index in [2.05, 4.69) is 33.7 Å². The second-order valence-corrected chi connectivity index (χ2v) is 9.31. The molecule has 1 amide bonds. The summed E-state index contributed by atoms with van der Waals surface area (Å²) in [5, 5.41) is 6.68. The van der Waals surface area contributed by atoms with Crippen LogP contribution in [-0.4, -0.2) is 43.4 Å². The van der Waals surface area contributed by atoms with Crippen molar-refractivity contribution >= 4 is 23.4 Å². The number of carbonyl (C=O) groups excluding carboxylic acids is 1. The van der Waals surface area contributed by atoms with E-state index in [4.69, 9.17) is 0 Å². The van der Waals surface area contributed by atoms with Crippen LogP contribution in [0, 0.1) is 5.82 Å². The Balaban J connectivity index is 1.38. The first kappa shape index (κ1) is 18.9. The van der Waals surface area contributed by atoms with Crippen LogP contribution < -0.4 is 15.5 Å². The smallest absolute Gasteiger partial charge is 0.251 e. The predicted octanol–water partition coefficient (Wildman–Crippen LogP) is 3.78. The molecule has 0 aliphatic carbocycles. The van der Waals surface area contributed by atoms with Crippen molar-refractivity contribution in [3.8, 4) is 0 Å². The molecule has 1 saturated heterocycles. The summed E-state index contributed by atoms with van der Waals surface area (Å²) < 4.78 is 13.1. The first-order valence-corrected chi connectivity index (χ1v) is 11.5. The molecule has 29 heavy (non-hydrogen) atoms. The van der Waals surface area contributed by atoms with Gasteiger partial charge in [0.1, 0.15) is 5.82 Å². The molecule has 0 saturated carbocycles. The summed E-state index contributed by atoms with van der Waals surface area (Å²) in [4.78, 5) is 16.6. The maximum atomic E-state index is 13.1. The van der Waals surface area contributed by atoms with E-state index >= 15 is 0 Å². The molecule has 2 aromatic rings. The quantitative estimate of drug-likeness (QED) is 0.804. The lowest BCUT2D eigenvalue weighted by Gasteiger charge is -2.47. The van der Waals surface area contributed by atoms with Gasteiger partial charge >= 0.3 is 0 Å². The van der Waals surface area contributed by atoms with Gasteiger partial charge in [0.05, 0.1) is 11.2 Å². The summed E-state index contributed by atoms with van der Waals surface area (Å²) in [5.41, 5.74) is 3.47. The Hall–Kier alpha value is -2.05. The van der Waals surface area contributed by atoms with Gasteiger partial charge in [-0.15, -0.1) is 11.8 Å². The molecule has 2 N–H and O–H groups in total. The molecule has 0 bridgehead atoms. The Morgan fingerprint density at radius 2 is 2.14 bits per heavy atom. The van der Waals surface area contributed by atoms with Gasteiger partial charge in [-0.3, -0.25) is 4.79 Å². The van der Waals surface area contributed by atoms with Gasteiger partial charge in [0.15, 0.2) is 0 Å². The summed E-state index contributed by atoms with van der Waals surface area (Å²) in [6.45, 7) is 3.71. The number of anilines is 1. The van der Waals surface area contributed by atoms with Gasteiger partial charge in [-0.2, -0.15) is 0 Å². The van der Waals surface area contributed by atoms with Crippen LogP contribution in [0.15, 0.2) is 47.4 Å².